The van der Waals surface area contributed by atoms with Gasteiger partial charge in [0.15, 0.2) is 0 Å². The molecule has 4 nitrogen and oxygen atoms in total. The first-order chi connectivity index (χ1) is 13.5. The molecule has 28 heavy (non-hydrogen) atoms. The molecule has 0 aliphatic carbocycles. The van der Waals surface area contributed by atoms with E-state index < -0.39 is 0 Å². The largest absolute Gasteiger partial charge is 0.350 e. The van der Waals surface area contributed by atoms with Crippen molar-refractivity contribution in [1.82, 2.24) is 9.47 Å². The molecule has 0 saturated carbocycles. The van der Waals surface area contributed by atoms with Gasteiger partial charge in [0, 0.05) is 49.3 Å². The molecule has 0 N–H and O–H groups in total. The molecule has 4 heteroatoms. The van der Waals surface area contributed by atoms with Gasteiger partial charge in [0.05, 0.1) is 0 Å². The number of carbonyl (C=O) groups is 1. The maximum absolute atomic E-state index is 13.2. The molecule has 1 amide bonds. The molecular formula is C24H29N3O. The smallest absolute Gasteiger partial charge is 0.227 e. The van der Waals surface area contributed by atoms with Gasteiger partial charge in [-0.15, -0.1) is 0 Å². The summed E-state index contributed by atoms with van der Waals surface area (Å²) >= 11 is 0. The number of hydrogen-bond donors (Lipinski definition) is 0. The van der Waals surface area contributed by atoms with Crippen LogP contribution in [-0.2, 0) is 24.7 Å². The third-order valence-corrected chi connectivity index (χ3v) is 5.74. The Labute approximate surface area is 167 Å². The summed E-state index contributed by atoms with van der Waals surface area (Å²) in [6.45, 7) is 1.81. The number of amides is 1. The summed E-state index contributed by atoms with van der Waals surface area (Å²) in [4.78, 5) is 17.5. The van der Waals surface area contributed by atoms with Gasteiger partial charge in [-0.05, 0) is 56.1 Å². The second-order valence-corrected chi connectivity index (χ2v) is 8.25. The van der Waals surface area contributed by atoms with Crippen molar-refractivity contribution >= 4 is 22.5 Å². The van der Waals surface area contributed by atoms with E-state index in [2.05, 4.69) is 79.3 Å². The van der Waals surface area contributed by atoms with Crippen molar-refractivity contribution in [2.75, 3.05) is 32.1 Å². The van der Waals surface area contributed by atoms with Crippen molar-refractivity contribution in [1.29, 1.82) is 0 Å². The number of carbonyl (C=O) groups excluding carboxylic acids is 1. The molecule has 1 unspecified atom stereocenters. The van der Waals surface area contributed by atoms with E-state index in [4.69, 9.17) is 0 Å². The van der Waals surface area contributed by atoms with Crippen LogP contribution in [0.5, 0.6) is 0 Å². The third kappa shape index (κ3) is 3.69. The second kappa shape index (κ2) is 7.80. The first-order valence-electron chi connectivity index (χ1n) is 10.1. The van der Waals surface area contributed by atoms with E-state index in [1.54, 1.807) is 0 Å². The Hall–Kier alpha value is -2.59. The van der Waals surface area contributed by atoms with E-state index >= 15 is 0 Å². The summed E-state index contributed by atoms with van der Waals surface area (Å²) in [5.74, 6) is 0.704. The fourth-order valence-corrected chi connectivity index (χ4v) is 4.56. The highest BCUT2D eigenvalue weighted by Crippen LogP contribution is 2.31. The zero-order valence-corrected chi connectivity index (χ0v) is 17.1. The summed E-state index contributed by atoms with van der Waals surface area (Å²) in [5.41, 5.74) is 4.86. The van der Waals surface area contributed by atoms with Gasteiger partial charge in [0.25, 0.3) is 0 Å². The van der Waals surface area contributed by atoms with Crippen LogP contribution >= 0.6 is 0 Å². The number of hydrogen-bond acceptors (Lipinski definition) is 2. The molecule has 1 aliphatic heterocycles. The predicted molar refractivity (Wildman–Crippen MR) is 116 cm³/mol. The van der Waals surface area contributed by atoms with Gasteiger partial charge in [-0.3, -0.25) is 4.79 Å². The average molecular weight is 376 g/mol. The van der Waals surface area contributed by atoms with Gasteiger partial charge in [-0.25, -0.2) is 0 Å². The summed E-state index contributed by atoms with van der Waals surface area (Å²) in [7, 11) is 6.28. The second-order valence-electron chi connectivity index (χ2n) is 8.25. The van der Waals surface area contributed by atoms with Crippen LogP contribution in [0, 0.1) is 5.92 Å². The van der Waals surface area contributed by atoms with Crippen LogP contribution in [0.15, 0.2) is 54.7 Å². The zero-order chi connectivity index (χ0) is 19.7. The molecule has 2 aromatic carbocycles. The molecule has 146 valence electrons. The van der Waals surface area contributed by atoms with Gasteiger partial charge < -0.3 is 14.4 Å². The highest BCUT2D eigenvalue weighted by molar-refractivity contribution is 5.95. The van der Waals surface area contributed by atoms with Crippen LogP contribution in [0.1, 0.15) is 17.5 Å². The molecule has 1 atom stereocenters. The standard InChI is InChI=1S/C24H29N3O/c1-25(2)15-18-14-19-8-4-6-10-22(19)27(16-18)24(28)13-12-20-17-26(3)23-11-7-5-9-21(20)23/h4-11,17-18H,12-16H2,1-3H3. The molecule has 0 fully saturated rings. The molecule has 0 bridgehead atoms. The van der Waals surface area contributed by atoms with Crippen LogP contribution in [0.25, 0.3) is 10.9 Å². The van der Waals surface area contributed by atoms with Crippen LogP contribution in [0.3, 0.4) is 0 Å². The monoisotopic (exact) mass is 375 g/mol. The van der Waals surface area contributed by atoms with E-state index in [1.807, 2.05) is 11.0 Å². The first kappa shape index (κ1) is 18.8. The lowest BCUT2D eigenvalue weighted by molar-refractivity contribution is -0.118. The number of rotatable bonds is 5. The van der Waals surface area contributed by atoms with Gasteiger partial charge in [-0.2, -0.15) is 0 Å². The fraction of sp³-hybridized carbons (Fsp3) is 0.375. The molecule has 1 aliphatic rings. The maximum atomic E-state index is 13.2. The highest BCUT2D eigenvalue weighted by atomic mass is 16.2. The van der Waals surface area contributed by atoms with Gasteiger partial charge >= 0.3 is 0 Å². The number of fused-ring (bicyclic) bond motifs is 2. The molecule has 2 heterocycles. The van der Waals surface area contributed by atoms with Crippen LogP contribution in [0.2, 0.25) is 0 Å². The molecular weight excluding hydrogens is 346 g/mol. The number of aromatic nitrogens is 1. The number of para-hydroxylation sites is 2. The quantitative estimate of drug-likeness (QED) is 0.677. The third-order valence-electron chi connectivity index (χ3n) is 5.74. The molecule has 0 spiro atoms. The van der Waals surface area contributed by atoms with Crippen molar-refractivity contribution in [2.24, 2.45) is 13.0 Å². The fourth-order valence-electron chi connectivity index (χ4n) is 4.56. The molecule has 1 aromatic heterocycles. The first-order valence-corrected chi connectivity index (χ1v) is 10.1. The molecule has 0 radical (unpaired) electrons. The number of anilines is 1. The Bertz CT molecular complexity index is 988. The summed E-state index contributed by atoms with van der Waals surface area (Å²) in [6, 6.07) is 16.8. The van der Waals surface area contributed by atoms with Crippen molar-refractivity contribution in [2.45, 2.75) is 19.3 Å². The van der Waals surface area contributed by atoms with Crippen LogP contribution in [-0.4, -0.2) is 42.6 Å². The normalized spacial score (nSPS) is 16.6. The Morgan fingerprint density at radius 3 is 2.68 bits per heavy atom. The minimum absolute atomic E-state index is 0.226. The topological polar surface area (TPSA) is 28.5 Å². The molecule has 4 rings (SSSR count). The van der Waals surface area contributed by atoms with Crippen molar-refractivity contribution in [3.63, 3.8) is 0 Å². The Kier molecular flexibility index (Phi) is 5.23. The minimum Gasteiger partial charge on any atom is -0.350 e. The van der Waals surface area contributed by atoms with E-state index in [0.29, 0.717) is 12.3 Å². The molecule has 0 saturated heterocycles. The van der Waals surface area contributed by atoms with Crippen LogP contribution < -0.4 is 4.90 Å². The zero-order valence-electron chi connectivity index (χ0n) is 17.1. The Balaban J connectivity index is 1.53. The minimum atomic E-state index is 0.226. The van der Waals surface area contributed by atoms with Crippen LogP contribution in [0.4, 0.5) is 5.69 Å². The van der Waals surface area contributed by atoms with E-state index in [-0.39, 0.29) is 5.91 Å². The van der Waals surface area contributed by atoms with Gasteiger partial charge in [0.1, 0.15) is 0 Å². The number of benzene rings is 2. The van der Waals surface area contributed by atoms with Gasteiger partial charge in [0.2, 0.25) is 5.91 Å². The average Bonchev–Trinajstić information content (AvgIpc) is 3.01. The van der Waals surface area contributed by atoms with E-state index in [1.165, 1.54) is 22.0 Å². The SMILES string of the molecule is CN(C)CC1Cc2ccccc2N(C(=O)CCc2cn(C)c3ccccc23)C1. The Morgan fingerprint density at radius 2 is 1.86 bits per heavy atom. The lowest BCUT2D eigenvalue weighted by atomic mass is 9.91. The van der Waals surface area contributed by atoms with E-state index in [9.17, 15) is 4.79 Å². The maximum Gasteiger partial charge on any atom is 0.227 e. The molecule has 3 aromatic rings. The lowest BCUT2D eigenvalue weighted by Crippen LogP contribution is -2.43. The predicted octanol–water partition coefficient (Wildman–Crippen LogP) is 3.88. The lowest BCUT2D eigenvalue weighted by Gasteiger charge is -2.36. The van der Waals surface area contributed by atoms with Crippen molar-refractivity contribution in [3.05, 3.63) is 65.9 Å². The summed E-state index contributed by atoms with van der Waals surface area (Å²) in [6.07, 6.45) is 4.52. The number of aryl methyl sites for hydroxylation is 2. The summed E-state index contributed by atoms with van der Waals surface area (Å²) in [5, 5.41) is 1.25. The Morgan fingerprint density at radius 1 is 1.11 bits per heavy atom. The highest BCUT2D eigenvalue weighted by Gasteiger charge is 2.28. The van der Waals surface area contributed by atoms with Gasteiger partial charge in [-0.1, -0.05) is 36.4 Å². The van der Waals surface area contributed by atoms with Crippen molar-refractivity contribution in [3.8, 4) is 0 Å². The summed E-state index contributed by atoms with van der Waals surface area (Å²) < 4.78 is 2.15. The van der Waals surface area contributed by atoms with E-state index in [0.717, 1.165) is 31.6 Å². The number of nitrogens with zero attached hydrogens (tertiary/aromatic N) is 3. The van der Waals surface area contributed by atoms with Crippen molar-refractivity contribution < 1.29 is 4.79 Å².